The highest BCUT2D eigenvalue weighted by molar-refractivity contribution is 7.80. The van der Waals surface area contributed by atoms with Crippen LogP contribution in [0.25, 0.3) is 16.8 Å². The van der Waals surface area contributed by atoms with Gasteiger partial charge in [0.2, 0.25) is 0 Å². The Morgan fingerprint density at radius 2 is 1.96 bits per heavy atom. The van der Waals surface area contributed by atoms with Crippen molar-refractivity contribution in [2.24, 2.45) is 5.73 Å². The third kappa shape index (κ3) is 3.88. The summed E-state index contributed by atoms with van der Waals surface area (Å²) in [5, 5.41) is 14.5. The van der Waals surface area contributed by atoms with Gasteiger partial charge in [0, 0.05) is 24.0 Å². The van der Waals surface area contributed by atoms with Gasteiger partial charge >= 0.3 is 0 Å². The van der Waals surface area contributed by atoms with E-state index in [0.717, 1.165) is 22.5 Å². The van der Waals surface area contributed by atoms with Crippen LogP contribution in [-0.2, 0) is 0 Å². The van der Waals surface area contributed by atoms with Crippen LogP contribution in [0.2, 0.25) is 0 Å². The van der Waals surface area contributed by atoms with Gasteiger partial charge in [-0.05, 0) is 45.8 Å². The number of nitrogens with two attached hydrogens (primary N) is 1. The summed E-state index contributed by atoms with van der Waals surface area (Å²) in [6.45, 7) is 0.706. The molecular formula is C16H18N6S. The fraction of sp³-hybridized carbons (Fsp3) is 0.188. The Hall–Kier alpha value is -2.38. The molecule has 3 aromatic rings. The smallest absolute Gasteiger partial charge is 0.143 e. The molecule has 0 fully saturated rings. The summed E-state index contributed by atoms with van der Waals surface area (Å²) in [5.74, 6) is 0.662. The van der Waals surface area contributed by atoms with Gasteiger partial charge in [0.25, 0.3) is 0 Å². The first-order valence-corrected chi connectivity index (χ1v) is 7.93. The number of anilines is 1. The number of rotatable bonds is 6. The average molecular weight is 326 g/mol. The van der Waals surface area contributed by atoms with Gasteiger partial charge in [-0.2, -0.15) is 12.6 Å². The van der Waals surface area contributed by atoms with Crippen molar-refractivity contribution in [1.29, 1.82) is 0 Å². The van der Waals surface area contributed by atoms with E-state index in [2.05, 4.69) is 57.7 Å². The summed E-state index contributed by atoms with van der Waals surface area (Å²) in [5.41, 5.74) is 10.1. The van der Waals surface area contributed by atoms with E-state index in [-0.39, 0.29) is 6.04 Å². The van der Waals surface area contributed by atoms with Crippen LogP contribution in [0.15, 0.2) is 54.9 Å². The topological polar surface area (TPSA) is 81.6 Å². The number of hydrogen-bond donors (Lipinski definition) is 3. The van der Waals surface area contributed by atoms with Crippen molar-refractivity contribution >= 4 is 18.3 Å². The number of nitrogens with one attached hydrogen (secondary N) is 1. The number of tetrazole rings is 1. The summed E-state index contributed by atoms with van der Waals surface area (Å²) in [6.07, 6.45) is 1.58. The van der Waals surface area contributed by atoms with Crippen molar-refractivity contribution in [1.82, 2.24) is 20.2 Å². The molecule has 1 heterocycles. The molecule has 23 heavy (non-hydrogen) atoms. The first kappa shape index (κ1) is 15.5. The predicted molar refractivity (Wildman–Crippen MR) is 94.9 cm³/mol. The predicted octanol–water partition coefficient (Wildman–Crippen LogP) is 2.00. The second-order valence-corrected chi connectivity index (χ2v) is 5.57. The number of nitrogens with zero attached hydrogens (tertiary/aromatic N) is 4. The third-order valence-corrected chi connectivity index (χ3v) is 3.95. The van der Waals surface area contributed by atoms with Crippen LogP contribution in [0.4, 0.5) is 5.69 Å². The van der Waals surface area contributed by atoms with Gasteiger partial charge in [-0.25, -0.2) is 4.68 Å². The highest BCUT2D eigenvalue weighted by Crippen LogP contribution is 2.23. The minimum absolute atomic E-state index is 0.0472. The number of hydrogen-bond acceptors (Lipinski definition) is 6. The molecule has 0 aliphatic carbocycles. The van der Waals surface area contributed by atoms with E-state index in [1.54, 1.807) is 11.0 Å². The Balaban J connectivity index is 1.76. The molecule has 2 aromatic carbocycles. The molecule has 3 rings (SSSR count). The van der Waals surface area contributed by atoms with Crippen LogP contribution >= 0.6 is 12.6 Å². The van der Waals surface area contributed by atoms with E-state index in [0.29, 0.717) is 12.3 Å². The second kappa shape index (κ2) is 7.26. The highest BCUT2D eigenvalue weighted by atomic mass is 32.1. The van der Waals surface area contributed by atoms with Gasteiger partial charge in [-0.1, -0.05) is 24.3 Å². The lowest BCUT2D eigenvalue weighted by molar-refractivity contribution is 0.789. The maximum absolute atomic E-state index is 5.85. The van der Waals surface area contributed by atoms with Gasteiger partial charge in [-0.3, -0.25) is 0 Å². The monoisotopic (exact) mass is 326 g/mol. The Bertz CT molecular complexity index is 742. The van der Waals surface area contributed by atoms with Gasteiger partial charge in [-0.15, -0.1) is 5.10 Å². The molecule has 0 bridgehead atoms. The largest absolute Gasteiger partial charge is 0.383 e. The van der Waals surface area contributed by atoms with Crippen LogP contribution in [0, 0.1) is 0 Å². The fourth-order valence-corrected chi connectivity index (χ4v) is 2.33. The molecular weight excluding hydrogens is 308 g/mol. The Morgan fingerprint density at radius 3 is 2.65 bits per heavy atom. The molecule has 0 spiro atoms. The Kier molecular flexibility index (Phi) is 4.89. The molecule has 7 heteroatoms. The normalized spacial score (nSPS) is 12.1. The van der Waals surface area contributed by atoms with Crippen LogP contribution in [-0.4, -0.2) is 38.5 Å². The van der Waals surface area contributed by atoms with Crippen molar-refractivity contribution in [3.8, 4) is 16.8 Å². The maximum Gasteiger partial charge on any atom is 0.143 e. The molecule has 0 aliphatic rings. The first-order chi connectivity index (χ1) is 11.3. The van der Waals surface area contributed by atoms with Gasteiger partial charge in [0.05, 0.1) is 5.69 Å². The third-order valence-electron chi connectivity index (χ3n) is 3.48. The zero-order valence-corrected chi connectivity index (χ0v) is 13.4. The molecule has 0 aliphatic heterocycles. The van der Waals surface area contributed by atoms with Crippen molar-refractivity contribution in [2.45, 2.75) is 6.04 Å². The maximum atomic E-state index is 5.85. The quantitative estimate of drug-likeness (QED) is 0.604. The zero-order chi connectivity index (χ0) is 16.1. The number of aromatic nitrogens is 4. The van der Waals surface area contributed by atoms with Gasteiger partial charge in [0.1, 0.15) is 6.33 Å². The van der Waals surface area contributed by atoms with E-state index in [4.69, 9.17) is 5.73 Å². The van der Waals surface area contributed by atoms with Gasteiger partial charge in [0.15, 0.2) is 0 Å². The summed E-state index contributed by atoms with van der Waals surface area (Å²) in [6, 6.07) is 16.4. The molecule has 118 valence electrons. The Morgan fingerprint density at radius 1 is 1.13 bits per heavy atom. The minimum Gasteiger partial charge on any atom is -0.383 e. The Labute approximate surface area is 140 Å². The van der Waals surface area contributed by atoms with Crippen molar-refractivity contribution < 1.29 is 0 Å². The van der Waals surface area contributed by atoms with E-state index < -0.39 is 0 Å². The van der Waals surface area contributed by atoms with E-state index in [1.807, 2.05) is 24.3 Å². The molecule has 1 aromatic heterocycles. The molecule has 0 saturated carbocycles. The summed E-state index contributed by atoms with van der Waals surface area (Å²) < 4.78 is 1.64. The summed E-state index contributed by atoms with van der Waals surface area (Å²) in [7, 11) is 0. The summed E-state index contributed by atoms with van der Waals surface area (Å²) in [4.78, 5) is 0. The lowest BCUT2D eigenvalue weighted by atomic mass is 10.0. The van der Waals surface area contributed by atoms with E-state index in [1.165, 1.54) is 0 Å². The molecule has 1 atom stereocenters. The first-order valence-electron chi connectivity index (χ1n) is 7.30. The molecule has 0 radical (unpaired) electrons. The lowest BCUT2D eigenvalue weighted by Crippen LogP contribution is -2.30. The van der Waals surface area contributed by atoms with E-state index in [9.17, 15) is 0 Å². The molecule has 0 saturated heterocycles. The lowest BCUT2D eigenvalue weighted by Gasteiger charge is -2.12. The standard InChI is InChI=1S/C16H18N6S/c17-14(10-23)9-18-15-6-4-12(5-7-15)13-2-1-3-16(8-13)22-11-19-20-21-22/h1-8,11,14,18,23H,9-10,17H2. The second-order valence-electron chi connectivity index (χ2n) is 5.21. The van der Waals surface area contributed by atoms with Gasteiger partial charge < -0.3 is 11.1 Å². The van der Waals surface area contributed by atoms with E-state index >= 15 is 0 Å². The molecule has 0 amide bonds. The zero-order valence-electron chi connectivity index (χ0n) is 12.5. The van der Waals surface area contributed by atoms with Crippen LogP contribution in [0.3, 0.4) is 0 Å². The molecule has 1 unspecified atom stereocenters. The van der Waals surface area contributed by atoms with Crippen LogP contribution < -0.4 is 11.1 Å². The number of benzene rings is 2. The van der Waals surface area contributed by atoms with Crippen molar-refractivity contribution in [3.05, 3.63) is 54.9 Å². The highest BCUT2D eigenvalue weighted by Gasteiger charge is 2.03. The minimum atomic E-state index is 0.0472. The average Bonchev–Trinajstić information content (AvgIpc) is 3.15. The van der Waals surface area contributed by atoms with Crippen LogP contribution in [0.1, 0.15) is 0 Å². The summed E-state index contributed by atoms with van der Waals surface area (Å²) >= 11 is 4.18. The molecule has 6 nitrogen and oxygen atoms in total. The van der Waals surface area contributed by atoms with Crippen molar-refractivity contribution in [2.75, 3.05) is 17.6 Å². The number of thiol groups is 1. The fourth-order valence-electron chi connectivity index (χ4n) is 2.20. The SMILES string of the molecule is NC(CS)CNc1ccc(-c2cccc(-n3cnnn3)c2)cc1. The van der Waals surface area contributed by atoms with Crippen LogP contribution in [0.5, 0.6) is 0 Å². The molecule has 3 N–H and O–H groups in total. The van der Waals surface area contributed by atoms with Crippen molar-refractivity contribution in [3.63, 3.8) is 0 Å².